The van der Waals surface area contributed by atoms with Crippen LogP contribution in [0, 0.1) is 11.5 Å². The quantitative estimate of drug-likeness (QED) is 0.546. The molecule has 0 aliphatic heterocycles. The van der Waals surface area contributed by atoms with Crippen LogP contribution < -0.4 is 5.19 Å². The summed E-state index contributed by atoms with van der Waals surface area (Å²) < 4.78 is 0. The molecule has 0 saturated heterocycles. The van der Waals surface area contributed by atoms with E-state index in [-0.39, 0.29) is 0 Å². The zero-order valence-corrected chi connectivity index (χ0v) is 12.3. The van der Waals surface area contributed by atoms with Crippen LogP contribution in [0.3, 0.4) is 0 Å². The normalized spacial score (nSPS) is 10.6. The van der Waals surface area contributed by atoms with Crippen molar-refractivity contribution in [3.63, 3.8) is 0 Å². The van der Waals surface area contributed by atoms with Gasteiger partial charge in [-0.25, -0.2) is 0 Å². The number of benzene rings is 2. The van der Waals surface area contributed by atoms with Crippen LogP contribution >= 0.6 is 11.6 Å². The maximum Gasteiger partial charge on any atom is 0.163 e. The lowest BCUT2D eigenvalue weighted by atomic mass is 10.2. The van der Waals surface area contributed by atoms with Gasteiger partial charge in [0.25, 0.3) is 0 Å². The zero-order valence-electron chi connectivity index (χ0n) is 10.6. The van der Waals surface area contributed by atoms with Crippen LogP contribution in [0.2, 0.25) is 18.1 Å². The van der Waals surface area contributed by atoms with Crippen molar-refractivity contribution in [3.05, 3.63) is 65.2 Å². The Hall–Kier alpha value is -1.49. The van der Waals surface area contributed by atoms with Gasteiger partial charge in [-0.3, -0.25) is 0 Å². The van der Waals surface area contributed by atoms with Crippen LogP contribution in [0.5, 0.6) is 0 Å². The average molecular weight is 271 g/mol. The van der Waals surface area contributed by atoms with Crippen LogP contribution in [0.25, 0.3) is 0 Å². The molecule has 0 bridgehead atoms. The molecule has 90 valence electrons. The molecule has 0 amide bonds. The van der Waals surface area contributed by atoms with Crippen LogP contribution in [-0.2, 0) is 0 Å². The third kappa shape index (κ3) is 3.26. The van der Waals surface area contributed by atoms with Crippen LogP contribution in [0.1, 0.15) is 5.56 Å². The molecule has 18 heavy (non-hydrogen) atoms. The summed E-state index contributed by atoms with van der Waals surface area (Å²) in [4.78, 5) is 0. The molecule has 0 heterocycles. The van der Waals surface area contributed by atoms with E-state index < -0.39 is 8.07 Å². The zero-order chi connectivity index (χ0) is 13.0. The average Bonchev–Trinajstić information content (AvgIpc) is 2.38. The minimum atomic E-state index is -1.68. The van der Waals surface area contributed by atoms with Gasteiger partial charge >= 0.3 is 0 Å². The van der Waals surface area contributed by atoms with Gasteiger partial charge in [0.15, 0.2) is 8.07 Å². The predicted octanol–water partition coefficient (Wildman–Crippen LogP) is 3.85. The van der Waals surface area contributed by atoms with Gasteiger partial charge in [0, 0.05) is 10.6 Å². The Balaban J connectivity index is 2.29. The van der Waals surface area contributed by atoms with E-state index in [1.807, 2.05) is 30.3 Å². The predicted molar refractivity (Wildman–Crippen MR) is 81.9 cm³/mol. The number of hydrogen-bond donors (Lipinski definition) is 0. The van der Waals surface area contributed by atoms with Crippen molar-refractivity contribution < 1.29 is 0 Å². The van der Waals surface area contributed by atoms with Crippen molar-refractivity contribution in [2.24, 2.45) is 0 Å². The molecule has 0 spiro atoms. The molecule has 2 aromatic rings. The smallest absolute Gasteiger partial charge is 0.121 e. The van der Waals surface area contributed by atoms with E-state index in [1.54, 1.807) is 0 Å². The number of rotatable bonds is 1. The van der Waals surface area contributed by atoms with Gasteiger partial charge in [-0.1, -0.05) is 67.0 Å². The molecule has 2 aromatic carbocycles. The van der Waals surface area contributed by atoms with E-state index in [0.717, 1.165) is 10.6 Å². The van der Waals surface area contributed by atoms with E-state index in [4.69, 9.17) is 11.6 Å². The fourth-order valence-corrected chi connectivity index (χ4v) is 3.54. The van der Waals surface area contributed by atoms with E-state index in [9.17, 15) is 0 Å². The Bertz CT molecular complexity index is 591. The molecule has 2 rings (SSSR count). The van der Waals surface area contributed by atoms with Crippen molar-refractivity contribution in [2.75, 3.05) is 0 Å². The van der Waals surface area contributed by atoms with Crippen molar-refractivity contribution >= 4 is 24.9 Å². The Kier molecular flexibility index (Phi) is 3.91. The third-order valence-electron chi connectivity index (χ3n) is 2.84. The van der Waals surface area contributed by atoms with Gasteiger partial charge in [-0.05, 0) is 23.4 Å². The van der Waals surface area contributed by atoms with Crippen molar-refractivity contribution in [1.82, 2.24) is 0 Å². The monoisotopic (exact) mass is 270 g/mol. The van der Waals surface area contributed by atoms with Crippen molar-refractivity contribution in [3.8, 4) is 11.5 Å². The Morgan fingerprint density at radius 3 is 2.33 bits per heavy atom. The van der Waals surface area contributed by atoms with E-state index in [0.29, 0.717) is 0 Å². The second-order valence-electron chi connectivity index (χ2n) is 4.75. The molecule has 0 nitrogen and oxygen atoms in total. The SMILES string of the molecule is C[Si](C)(C#Cc1cccc(Cl)c1)c1ccccc1. The summed E-state index contributed by atoms with van der Waals surface area (Å²) in [6.07, 6.45) is 0. The Morgan fingerprint density at radius 1 is 0.944 bits per heavy atom. The molecule has 0 unspecified atom stereocenters. The summed E-state index contributed by atoms with van der Waals surface area (Å²) in [6, 6.07) is 18.2. The largest absolute Gasteiger partial charge is 0.163 e. The van der Waals surface area contributed by atoms with Gasteiger partial charge < -0.3 is 0 Å². The van der Waals surface area contributed by atoms with E-state index >= 15 is 0 Å². The van der Waals surface area contributed by atoms with Gasteiger partial charge in [-0.15, -0.1) is 5.54 Å². The molecule has 0 aliphatic carbocycles. The highest BCUT2D eigenvalue weighted by atomic mass is 35.5. The lowest BCUT2D eigenvalue weighted by Crippen LogP contribution is -2.39. The Morgan fingerprint density at radius 2 is 1.67 bits per heavy atom. The molecule has 0 N–H and O–H groups in total. The van der Waals surface area contributed by atoms with Gasteiger partial charge in [-0.2, -0.15) is 0 Å². The van der Waals surface area contributed by atoms with E-state index in [1.165, 1.54) is 5.19 Å². The highest BCUT2D eigenvalue weighted by molar-refractivity contribution is 6.96. The van der Waals surface area contributed by atoms with Crippen LogP contribution in [0.4, 0.5) is 0 Å². The van der Waals surface area contributed by atoms with Crippen LogP contribution in [-0.4, -0.2) is 8.07 Å². The second-order valence-corrected chi connectivity index (χ2v) is 9.27. The Labute approximate surface area is 115 Å². The van der Waals surface area contributed by atoms with Crippen molar-refractivity contribution in [1.29, 1.82) is 0 Å². The first-order chi connectivity index (χ1) is 8.58. The van der Waals surface area contributed by atoms with Crippen molar-refractivity contribution in [2.45, 2.75) is 13.1 Å². The fraction of sp³-hybridized carbons (Fsp3) is 0.125. The lowest BCUT2D eigenvalue weighted by molar-refractivity contribution is 1.65. The fourth-order valence-electron chi connectivity index (χ4n) is 1.72. The maximum absolute atomic E-state index is 5.96. The minimum Gasteiger partial charge on any atom is -0.121 e. The molecular weight excluding hydrogens is 256 g/mol. The molecule has 2 heteroatoms. The maximum atomic E-state index is 5.96. The standard InChI is InChI=1S/C16H15ClSi/c1-18(2,16-9-4-3-5-10-16)12-11-14-7-6-8-15(17)13-14/h3-10,13H,1-2H3. The lowest BCUT2D eigenvalue weighted by Gasteiger charge is -2.14. The molecule has 0 radical (unpaired) electrons. The first kappa shape index (κ1) is 13.0. The summed E-state index contributed by atoms with van der Waals surface area (Å²) in [5, 5.41) is 2.10. The molecule has 0 saturated carbocycles. The van der Waals surface area contributed by atoms with Gasteiger partial charge in [0.1, 0.15) is 0 Å². The van der Waals surface area contributed by atoms with E-state index in [2.05, 4.69) is 48.8 Å². The number of hydrogen-bond acceptors (Lipinski definition) is 0. The van der Waals surface area contributed by atoms with Gasteiger partial charge in [0.2, 0.25) is 0 Å². The minimum absolute atomic E-state index is 0.737. The molecule has 0 atom stereocenters. The highest BCUT2D eigenvalue weighted by Crippen LogP contribution is 2.10. The molecule has 0 aliphatic rings. The molecule has 0 fully saturated rings. The van der Waals surface area contributed by atoms with Crippen LogP contribution in [0.15, 0.2) is 54.6 Å². The highest BCUT2D eigenvalue weighted by Gasteiger charge is 2.20. The summed E-state index contributed by atoms with van der Waals surface area (Å²) in [5.41, 5.74) is 4.43. The second kappa shape index (κ2) is 5.43. The summed E-state index contributed by atoms with van der Waals surface area (Å²) in [5.74, 6) is 3.25. The molecule has 0 aromatic heterocycles. The topological polar surface area (TPSA) is 0 Å². The molecular formula is C16H15ClSi. The van der Waals surface area contributed by atoms with Gasteiger partial charge in [0.05, 0.1) is 0 Å². The third-order valence-corrected chi connectivity index (χ3v) is 5.60. The summed E-state index contributed by atoms with van der Waals surface area (Å²) in [6.45, 7) is 4.53. The number of halogens is 1. The summed E-state index contributed by atoms with van der Waals surface area (Å²) in [7, 11) is -1.68. The summed E-state index contributed by atoms with van der Waals surface area (Å²) >= 11 is 5.96. The first-order valence-corrected chi connectivity index (χ1v) is 9.30. The first-order valence-electron chi connectivity index (χ1n) is 5.92.